The Morgan fingerprint density at radius 3 is 2.82 bits per heavy atom. The van der Waals surface area contributed by atoms with E-state index in [9.17, 15) is 9.59 Å². The molecule has 1 aromatic carbocycles. The third kappa shape index (κ3) is 6.59. The van der Waals surface area contributed by atoms with Gasteiger partial charge in [0.25, 0.3) is 0 Å². The van der Waals surface area contributed by atoms with Crippen LogP contribution in [0.2, 0.25) is 5.02 Å². The van der Waals surface area contributed by atoms with E-state index in [-0.39, 0.29) is 17.5 Å². The van der Waals surface area contributed by atoms with Crippen molar-refractivity contribution in [1.82, 2.24) is 0 Å². The standard InChI is InChI=1S/C25H26BrClO6/c1-3-18(23-14-21(28)19-6-4-7-20(27)24(19)33-23)22(12-15(2)26)32-11-5-10-31-17-9-8-16(13-17)25(29)30/h3-4,6-7,12,14,16-17H,1,5,8-11,13H2,2H3,(H,29,30)/b15-12+,22-18-. The number of para-hydroxylation sites is 1. The molecule has 1 aliphatic carbocycles. The Hall–Kier alpha value is -2.35. The number of hydrogen-bond donors (Lipinski definition) is 1. The summed E-state index contributed by atoms with van der Waals surface area (Å²) in [5.74, 6) is -0.277. The number of hydrogen-bond acceptors (Lipinski definition) is 5. The Kier molecular flexibility index (Phi) is 8.95. The highest BCUT2D eigenvalue weighted by molar-refractivity contribution is 9.11. The van der Waals surface area contributed by atoms with Crippen LogP contribution < -0.4 is 5.43 Å². The van der Waals surface area contributed by atoms with Gasteiger partial charge in [-0.05, 0) is 48.9 Å². The average Bonchev–Trinajstić information content (AvgIpc) is 3.24. The SMILES string of the molecule is C=C/C(=C(\C=C(/C)Br)OCCCOC1CCC(C(=O)O)C1)c1cc(=O)c2cccc(Cl)c2o1. The van der Waals surface area contributed by atoms with Crippen molar-refractivity contribution in [2.75, 3.05) is 13.2 Å². The van der Waals surface area contributed by atoms with E-state index in [0.717, 1.165) is 10.9 Å². The molecule has 1 saturated carbocycles. The third-order valence-electron chi connectivity index (χ3n) is 5.41. The molecule has 1 aliphatic rings. The van der Waals surface area contributed by atoms with Crippen LogP contribution in [0.1, 0.15) is 38.4 Å². The lowest BCUT2D eigenvalue weighted by Crippen LogP contribution is -2.14. The first-order chi connectivity index (χ1) is 15.8. The van der Waals surface area contributed by atoms with Gasteiger partial charge >= 0.3 is 5.97 Å². The number of carboxylic acids is 1. The van der Waals surface area contributed by atoms with Crippen LogP contribution >= 0.6 is 27.5 Å². The molecule has 1 heterocycles. The van der Waals surface area contributed by atoms with Crippen LogP contribution in [0.5, 0.6) is 0 Å². The van der Waals surface area contributed by atoms with E-state index in [4.69, 9.17) is 30.6 Å². The summed E-state index contributed by atoms with van der Waals surface area (Å²) in [7, 11) is 0. The highest BCUT2D eigenvalue weighted by atomic mass is 79.9. The first kappa shape index (κ1) is 25.3. The topological polar surface area (TPSA) is 86.0 Å². The van der Waals surface area contributed by atoms with Gasteiger partial charge in [-0.15, -0.1) is 0 Å². The van der Waals surface area contributed by atoms with Crippen molar-refractivity contribution in [3.63, 3.8) is 0 Å². The molecule has 0 aliphatic heterocycles. The largest absolute Gasteiger partial charge is 0.493 e. The lowest BCUT2D eigenvalue weighted by atomic mass is 10.1. The highest BCUT2D eigenvalue weighted by Gasteiger charge is 2.30. The Labute approximate surface area is 205 Å². The number of carbonyl (C=O) groups is 1. The van der Waals surface area contributed by atoms with E-state index >= 15 is 0 Å². The first-order valence-electron chi connectivity index (χ1n) is 10.7. The fourth-order valence-electron chi connectivity index (χ4n) is 3.78. The summed E-state index contributed by atoms with van der Waals surface area (Å²) >= 11 is 9.66. The molecule has 2 atom stereocenters. The maximum Gasteiger partial charge on any atom is 0.306 e. The van der Waals surface area contributed by atoms with Crippen LogP contribution in [-0.2, 0) is 14.3 Å². The molecular weight excluding hydrogens is 512 g/mol. The van der Waals surface area contributed by atoms with Crippen LogP contribution in [0, 0.1) is 5.92 Å². The molecule has 6 nitrogen and oxygen atoms in total. The Balaban J connectivity index is 1.73. The molecule has 0 bridgehead atoms. The molecule has 176 valence electrons. The van der Waals surface area contributed by atoms with Crippen molar-refractivity contribution in [2.45, 2.75) is 38.7 Å². The quantitative estimate of drug-likeness (QED) is 0.217. The van der Waals surface area contributed by atoms with Gasteiger partial charge in [-0.2, -0.15) is 0 Å². The van der Waals surface area contributed by atoms with Crippen LogP contribution in [-0.4, -0.2) is 30.4 Å². The van der Waals surface area contributed by atoms with Crippen molar-refractivity contribution in [2.24, 2.45) is 5.92 Å². The zero-order valence-electron chi connectivity index (χ0n) is 18.3. The summed E-state index contributed by atoms with van der Waals surface area (Å²) in [5.41, 5.74) is 0.620. The van der Waals surface area contributed by atoms with E-state index in [1.165, 1.54) is 6.07 Å². The van der Waals surface area contributed by atoms with Gasteiger partial charge in [-0.3, -0.25) is 9.59 Å². The van der Waals surface area contributed by atoms with Crippen molar-refractivity contribution in [1.29, 1.82) is 0 Å². The van der Waals surface area contributed by atoms with Gasteiger partial charge in [-0.1, -0.05) is 46.3 Å². The van der Waals surface area contributed by atoms with Crippen LogP contribution in [0.25, 0.3) is 16.5 Å². The van der Waals surface area contributed by atoms with Crippen molar-refractivity contribution >= 4 is 50.0 Å². The van der Waals surface area contributed by atoms with Crippen molar-refractivity contribution in [3.8, 4) is 0 Å². The van der Waals surface area contributed by atoms with Gasteiger partial charge in [0.2, 0.25) is 0 Å². The molecule has 0 amide bonds. The van der Waals surface area contributed by atoms with Gasteiger partial charge in [0.15, 0.2) is 11.0 Å². The molecule has 0 saturated heterocycles. The van der Waals surface area contributed by atoms with E-state index < -0.39 is 5.97 Å². The minimum atomic E-state index is -0.755. The van der Waals surface area contributed by atoms with E-state index in [2.05, 4.69) is 22.5 Å². The molecule has 2 unspecified atom stereocenters. The number of carboxylic acid groups (broad SMARTS) is 1. The smallest absolute Gasteiger partial charge is 0.306 e. The minimum absolute atomic E-state index is 0.0221. The van der Waals surface area contributed by atoms with E-state index in [1.54, 1.807) is 30.4 Å². The predicted octanol–water partition coefficient (Wildman–Crippen LogP) is 6.32. The molecule has 33 heavy (non-hydrogen) atoms. The Morgan fingerprint density at radius 2 is 2.15 bits per heavy atom. The summed E-state index contributed by atoms with van der Waals surface area (Å²) in [6.45, 7) is 6.55. The Bertz CT molecular complexity index is 1150. The monoisotopic (exact) mass is 536 g/mol. The summed E-state index contributed by atoms with van der Waals surface area (Å²) < 4.78 is 18.6. The maximum atomic E-state index is 12.6. The third-order valence-corrected chi connectivity index (χ3v) is 5.93. The first-order valence-corrected chi connectivity index (χ1v) is 11.9. The van der Waals surface area contributed by atoms with Gasteiger partial charge in [0, 0.05) is 12.5 Å². The summed E-state index contributed by atoms with van der Waals surface area (Å²) in [6.07, 6.45) is 5.92. The van der Waals surface area contributed by atoms with E-state index in [0.29, 0.717) is 65.6 Å². The summed E-state index contributed by atoms with van der Waals surface area (Å²) in [5, 5.41) is 9.85. The minimum Gasteiger partial charge on any atom is -0.493 e. The van der Waals surface area contributed by atoms with E-state index in [1.807, 2.05) is 6.92 Å². The summed E-state index contributed by atoms with van der Waals surface area (Å²) in [6, 6.07) is 6.43. The van der Waals surface area contributed by atoms with Gasteiger partial charge in [-0.25, -0.2) is 0 Å². The van der Waals surface area contributed by atoms with Gasteiger partial charge in [0.05, 0.1) is 41.2 Å². The molecule has 0 spiro atoms. The molecule has 1 fully saturated rings. The number of ether oxygens (including phenoxy) is 2. The van der Waals surface area contributed by atoms with Gasteiger partial charge < -0.3 is 19.0 Å². The van der Waals surface area contributed by atoms with Crippen LogP contribution in [0.3, 0.4) is 0 Å². The lowest BCUT2D eigenvalue weighted by Gasteiger charge is -2.14. The predicted molar refractivity (Wildman–Crippen MR) is 133 cm³/mol. The fraction of sp³-hybridized carbons (Fsp3) is 0.360. The molecular formula is C25H26BrClO6. The van der Waals surface area contributed by atoms with Crippen molar-refractivity contribution in [3.05, 3.63) is 74.2 Å². The second kappa shape index (κ2) is 11.7. The second-order valence-corrected chi connectivity index (χ2v) is 9.51. The summed E-state index contributed by atoms with van der Waals surface area (Å²) in [4.78, 5) is 23.7. The second-order valence-electron chi connectivity index (χ2n) is 7.85. The average molecular weight is 538 g/mol. The van der Waals surface area contributed by atoms with Crippen LogP contribution in [0.4, 0.5) is 0 Å². The van der Waals surface area contributed by atoms with Crippen LogP contribution in [0.15, 0.2) is 62.4 Å². The van der Waals surface area contributed by atoms with Gasteiger partial charge in [0.1, 0.15) is 11.5 Å². The molecule has 8 heteroatoms. The molecule has 1 N–H and O–H groups in total. The zero-order chi connectivity index (χ0) is 24.0. The number of allylic oxidation sites excluding steroid dienone is 4. The fourth-order valence-corrected chi connectivity index (χ4v) is 4.20. The zero-order valence-corrected chi connectivity index (χ0v) is 20.7. The molecule has 3 rings (SSSR count). The number of halogens is 2. The maximum absolute atomic E-state index is 12.6. The number of fused-ring (bicyclic) bond motifs is 1. The molecule has 1 aromatic heterocycles. The molecule has 0 radical (unpaired) electrons. The lowest BCUT2D eigenvalue weighted by molar-refractivity contribution is -0.141. The van der Waals surface area contributed by atoms with Crippen molar-refractivity contribution < 1.29 is 23.8 Å². The number of aliphatic carboxylic acids is 1. The normalized spacial score (nSPS) is 19.4. The Morgan fingerprint density at radius 1 is 1.36 bits per heavy atom. The number of benzene rings is 1. The highest BCUT2D eigenvalue weighted by Crippen LogP contribution is 2.29. The molecule has 2 aromatic rings. The number of rotatable bonds is 10.